The average molecular weight is 349 g/mol. The van der Waals surface area contributed by atoms with Crippen molar-refractivity contribution in [1.29, 1.82) is 0 Å². The van der Waals surface area contributed by atoms with E-state index in [1.54, 1.807) is 26.2 Å². The summed E-state index contributed by atoms with van der Waals surface area (Å²) in [5.41, 5.74) is 2.00. The van der Waals surface area contributed by atoms with Crippen molar-refractivity contribution in [2.45, 2.75) is 39.2 Å². The summed E-state index contributed by atoms with van der Waals surface area (Å²) >= 11 is 0. The smallest absolute Gasteiger partial charge is 0.306 e. The average Bonchev–Trinajstić information content (AvgIpc) is 2.62. The lowest BCUT2D eigenvalue weighted by molar-refractivity contribution is -0.145. The van der Waals surface area contributed by atoms with Crippen LogP contribution in [0.25, 0.3) is 0 Å². The van der Waals surface area contributed by atoms with E-state index in [1.807, 2.05) is 19.1 Å². The zero-order chi connectivity index (χ0) is 18.6. The molecule has 0 aliphatic heterocycles. The molecule has 0 spiro atoms. The molecule has 0 bridgehead atoms. The molecule has 1 aromatic rings. The molecular formula is C19H27NO5. The maximum absolute atomic E-state index is 12.7. The van der Waals surface area contributed by atoms with Crippen LogP contribution in [0.1, 0.15) is 36.8 Å². The summed E-state index contributed by atoms with van der Waals surface area (Å²) in [6, 6.07) is 3.78. The predicted octanol–water partition coefficient (Wildman–Crippen LogP) is 2.86. The molecule has 25 heavy (non-hydrogen) atoms. The number of carboxylic acids is 1. The second-order valence-electron chi connectivity index (χ2n) is 6.73. The number of hydrogen-bond acceptors (Lipinski definition) is 4. The molecule has 1 saturated carbocycles. The van der Waals surface area contributed by atoms with Crippen LogP contribution in [0.4, 0.5) is 0 Å². The zero-order valence-corrected chi connectivity index (χ0v) is 15.4. The minimum absolute atomic E-state index is 0.0140. The van der Waals surface area contributed by atoms with Gasteiger partial charge in [0.15, 0.2) is 11.5 Å². The van der Waals surface area contributed by atoms with Crippen molar-refractivity contribution in [1.82, 2.24) is 4.90 Å². The number of ether oxygens (including phenoxy) is 2. The minimum atomic E-state index is -0.795. The Kier molecular flexibility index (Phi) is 6.28. The molecule has 1 aliphatic carbocycles. The summed E-state index contributed by atoms with van der Waals surface area (Å²) in [6.07, 6.45) is 2.65. The molecule has 6 nitrogen and oxygen atoms in total. The number of benzene rings is 1. The lowest BCUT2D eigenvalue weighted by Gasteiger charge is -2.29. The zero-order valence-electron chi connectivity index (χ0n) is 15.4. The highest BCUT2D eigenvalue weighted by Crippen LogP contribution is 2.33. The van der Waals surface area contributed by atoms with Gasteiger partial charge >= 0.3 is 5.97 Å². The lowest BCUT2D eigenvalue weighted by atomic mass is 9.81. The highest BCUT2D eigenvalue weighted by molar-refractivity contribution is 5.80. The maximum atomic E-state index is 12.7. The van der Waals surface area contributed by atoms with Crippen LogP contribution in [-0.4, -0.2) is 43.2 Å². The SMILES string of the molecule is COc1cc(C)c(CN(C)C(=O)C2CCCC(C(=O)O)C2)cc1OC. The Morgan fingerprint density at radius 3 is 2.36 bits per heavy atom. The van der Waals surface area contributed by atoms with Crippen molar-refractivity contribution in [3.05, 3.63) is 23.3 Å². The van der Waals surface area contributed by atoms with E-state index in [0.717, 1.165) is 24.0 Å². The summed E-state index contributed by atoms with van der Waals surface area (Å²) < 4.78 is 10.6. The normalized spacial score (nSPS) is 20.0. The molecule has 2 unspecified atom stereocenters. The molecule has 6 heteroatoms. The van der Waals surface area contributed by atoms with Crippen molar-refractivity contribution in [2.24, 2.45) is 11.8 Å². The van der Waals surface area contributed by atoms with Crippen LogP contribution in [0.2, 0.25) is 0 Å². The Balaban J connectivity index is 2.09. The fraction of sp³-hybridized carbons (Fsp3) is 0.579. The van der Waals surface area contributed by atoms with Gasteiger partial charge in [-0.05, 0) is 49.4 Å². The van der Waals surface area contributed by atoms with E-state index in [2.05, 4.69) is 0 Å². The van der Waals surface area contributed by atoms with Crippen LogP contribution in [0, 0.1) is 18.8 Å². The largest absolute Gasteiger partial charge is 0.493 e. The highest BCUT2D eigenvalue weighted by Gasteiger charge is 2.32. The van der Waals surface area contributed by atoms with E-state index in [4.69, 9.17) is 9.47 Å². The molecule has 0 radical (unpaired) electrons. The van der Waals surface area contributed by atoms with Crippen LogP contribution in [0.15, 0.2) is 12.1 Å². The number of aryl methyl sites for hydroxylation is 1. The first-order valence-electron chi connectivity index (χ1n) is 8.56. The first kappa shape index (κ1) is 19.1. The summed E-state index contributed by atoms with van der Waals surface area (Å²) in [6.45, 7) is 2.43. The third-order valence-corrected chi connectivity index (χ3v) is 5.00. The number of carboxylic acid groups (broad SMARTS) is 1. The van der Waals surface area contributed by atoms with Gasteiger partial charge in [0.1, 0.15) is 0 Å². The van der Waals surface area contributed by atoms with E-state index in [9.17, 15) is 14.7 Å². The Bertz CT molecular complexity index is 643. The molecule has 0 saturated heterocycles. The standard InChI is InChI=1S/C19H27NO5/c1-12-8-16(24-3)17(25-4)10-15(12)11-20(2)18(21)13-6-5-7-14(9-13)19(22)23/h8,10,13-14H,5-7,9,11H2,1-4H3,(H,22,23). The Labute approximate surface area is 148 Å². The second-order valence-corrected chi connectivity index (χ2v) is 6.73. The van der Waals surface area contributed by atoms with E-state index in [1.165, 1.54) is 0 Å². The van der Waals surface area contributed by atoms with Crippen LogP contribution in [-0.2, 0) is 16.1 Å². The molecule has 0 heterocycles. The van der Waals surface area contributed by atoms with Gasteiger partial charge in [-0.2, -0.15) is 0 Å². The van der Waals surface area contributed by atoms with E-state index in [-0.39, 0.29) is 11.8 Å². The first-order chi connectivity index (χ1) is 11.9. The third kappa shape index (κ3) is 4.44. The number of amides is 1. The molecule has 1 amide bonds. The summed E-state index contributed by atoms with van der Waals surface area (Å²) in [5.74, 6) is -0.0999. The van der Waals surface area contributed by atoms with Gasteiger partial charge in [-0.1, -0.05) is 6.42 Å². The quantitative estimate of drug-likeness (QED) is 0.855. The number of nitrogens with zero attached hydrogens (tertiary/aromatic N) is 1. The summed E-state index contributed by atoms with van der Waals surface area (Å²) in [5, 5.41) is 9.20. The van der Waals surface area contributed by atoms with Crippen LogP contribution in [0.3, 0.4) is 0 Å². The Morgan fingerprint density at radius 1 is 1.16 bits per heavy atom. The molecule has 2 rings (SSSR count). The van der Waals surface area contributed by atoms with Crippen molar-refractivity contribution < 1.29 is 24.2 Å². The molecule has 2 atom stereocenters. The first-order valence-corrected chi connectivity index (χ1v) is 8.56. The fourth-order valence-electron chi connectivity index (χ4n) is 3.48. The van der Waals surface area contributed by atoms with Gasteiger partial charge < -0.3 is 19.5 Å². The Morgan fingerprint density at radius 2 is 1.76 bits per heavy atom. The maximum Gasteiger partial charge on any atom is 0.306 e. The fourth-order valence-corrected chi connectivity index (χ4v) is 3.48. The summed E-state index contributed by atoms with van der Waals surface area (Å²) in [7, 11) is 4.94. The number of carbonyl (C=O) groups excluding carboxylic acids is 1. The van der Waals surface area contributed by atoms with Crippen LogP contribution >= 0.6 is 0 Å². The van der Waals surface area contributed by atoms with Gasteiger partial charge in [-0.15, -0.1) is 0 Å². The monoisotopic (exact) mass is 349 g/mol. The Hall–Kier alpha value is -2.24. The molecule has 1 aromatic carbocycles. The van der Waals surface area contributed by atoms with E-state index in [0.29, 0.717) is 30.9 Å². The number of hydrogen-bond donors (Lipinski definition) is 1. The molecule has 1 N–H and O–H groups in total. The lowest BCUT2D eigenvalue weighted by Crippen LogP contribution is -2.36. The van der Waals surface area contributed by atoms with Crippen molar-refractivity contribution >= 4 is 11.9 Å². The van der Waals surface area contributed by atoms with Gasteiger partial charge in [-0.3, -0.25) is 9.59 Å². The molecule has 0 aromatic heterocycles. The predicted molar refractivity (Wildman–Crippen MR) is 93.8 cm³/mol. The topological polar surface area (TPSA) is 76.1 Å². The molecular weight excluding hydrogens is 322 g/mol. The van der Waals surface area contributed by atoms with Crippen LogP contribution < -0.4 is 9.47 Å². The van der Waals surface area contributed by atoms with Gasteiger partial charge in [0.25, 0.3) is 0 Å². The van der Waals surface area contributed by atoms with Crippen molar-refractivity contribution in [2.75, 3.05) is 21.3 Å². The number of methoxy groups -OCH3 is 2. The minimum Gasteiger partial charge on any atom is -0.493 e. The molecule has 1 aliphatic rings. The number of aliphatic carboxylic acids is 1. The molecule has 1 fully saturated rings. The van der Waals surface area contributed by atoms with Gasteiger partial charge in [0.2, 0.25) is 5.91 Å². The summed E-state index contributed by atoms with van der Waals surface area (Å²) in [4.78, 5) is 25.6. The van der Waals surface area contributed by atoms with E-state index >= 15 is 0 Å². The number of carbonyl (C=O) groups is 2. The van der Waals surface area contributed by atoms with Gasteiger partial charge in [-0.25, -0.2) is 0 Å². The second kappa shape index (κ2) is 8.23. The van der Waals surface area contributed by atoms with Gasteiger partial charge in [0, 0.05) is 19.5 Å². The van der Waals surface area contributed by atoms with E-state index < -0.39 is 11.9 Å². The highest BCUT2D eigenvalue weighted by atomic mass is 16.5. The van der Waals surface area contributed by atoms with Crippen molar-refractivity contribution in [3.8, 4) is 11.5 Å². The number of rotatable bonds is 6. The van der Waals surface area contributed by atoms with Gasteiger partial charge in [0.05, 0.1) is 20.1 Å². The molecule has 138 valence electrons. The third-order valence-electron chi connectivity index (χ3n) is 5.00. The van der Waals surface area contributed by atoms with Crippen molar-refractivity contribution in [3.63, 3.8) is 0 Å². The van der Waals surface area contributed by atoms with Crippen LogP contribution in [0.5, 0.6) is 11.5 Å².